The Morgan fingerprint density at radius 2 is 1.53 bits per heavy atom. The van der Waals surface area contributed by atoms with Gasteiger partial charge in [-0.1, -0.05) is 18.2 Å². The molecule has 0 saturated carbocycles. The molecule has 0 heterocycles. The van der Waals surface area contributed by atoms with E-state index >= 15 is 0 Å². The van der Waals surface area contributed by atoms with Gasteiger partial charge in [0.2, 0.25) is 0 Å². The molecule has 0 saturated heterocycles. The van der Waals surface area contributed by atoms with Crippen LogP contribution >= 0.6 is 0 Å². The predicted molar refractivity (Wildman–Crippen MR) is 139 cm³/mol. The van der Waals surface area contributed by atoms with Crippen LogP contribution in [-0.2, 0) is 14.8 Å². The molecule has 0 bridgehead atoms. The second-order valence-electron chi connectivity index (χ2n) is 7.91. The molecule has 3 rings (SSSR count). The Morgan fingerprint density at radius 1 is 0.889 bits per heavy atom. The van der Waals surface area contributed by atoms with Crippen molar-refractivity contribution in [2.24, 2.45) is 5.10 Å². The number of nitrogens with one attached hydrogen (secondary N) is 1. The lowest BCUT2D eigenvalue weighted by Gasteiger charge is -2.25. The molecule has 0 aliphatic rings. The first kappa shape index (κ1) is 26.6. The monoisotopic (exact) mass is 511 g/mol. The standard InChI is InChI=1S/C26H29N3O6S/c1-18-12-19(2)14-21(13-18)29(36(31,32)22-10-11-24(34-4)25(15-22)35-5)17-26(30)28-27-16-20-8-6-7-9-23(20)33-3/h6-16H,17H2,1-5H3,(H,28,30)/b27-16+. The first-order chi connectivity index (χ1) is 17.2. The molecule has 0 aliphatic carbocycles. The van der Waals surface area contributed by atoms with Crippen LogP contribution in [0.15, 0.2) is 70.7 Å². The molecule has 0 fully saturated rings. The summed E-state index contributed by atoms with van der Waals surface area (Å²) in [5.41, 5.74) is 5.12. The molecule has 1 N–H and O–H groups in total. The highest BCUT2D eigenvalue weighted by Gasteiger charge is 2.28. The Hall–Kier alpha value is -4.05. The number of hydrogen-bond acceptors (Lipinski definition) is 7. The summed E-state index contributed by atoms with van der Waals surface area (Å²) in [5, 5.41) is 3.97. The van der Waals surface area contributed by atoms with Gasteiger partial charge in [-0.3, -0.25) is 9.10 Å². The molecule has 190 valence electrons. The first-order valence-corrected chi connectivity index (χ1v) is 12.4. The zero-order valence-electron chi connectivity index (χ0n) is 20.8. The van der Waals surface area contributed by atoms with Gasteiger partial charge < -0.3 is 14.2 Å². The van der Waals surface area contributed by atoms with Gasteiger partial charge in [0.1, 0.15) is 12.3 Å². The number of carbonyl (C=O) groups excluding carboxylic acids is 1. The molecule has 36 heavy (non-hydrogen) atoms. The number of hydrazone groups is 1. The maximum Gasteiger partial charge on any atom is 0.264 e. The average molecular weight is 512 g/mol. The third-order valence-electron chi connectivity index (χ3n) is 5.26. The number of para-hydroxylation sites is 1. The second kappa shape index (κ2) is 11.6. The summed E-state index contributed by atoms with van der Waals surface area (Å²) >= 11 is 0. The molecule has 9 nitrogen and oxygen atoms in total. The molecule has 0 atom stereocenters. The van der Waals surface area contributed by atoms with E-state index in [0.717, 1.165) is 15.4 Å². The predicted octanol–water partition coefficient (Wildman–Crippen LogP) is 3.67. The Labute approximate surface area is 211 Å². The number of sulfonamides is 1. The van der Waals surface area contributed by atoms with Gasteiger partial charge in [0.05, 0.1) is 38.1 Å². The van der Waals surface area contributed by atoms with E-state index in [-0.39, 0.29) is 10.6 Å². The summed E-state index contributed by atoms with van der Waals surface area (Å²) in [4.78, 5) is 12.8. The summed E-state index contributed by atoms with van der Waals surface area (Å²) in [7, 11) is 0.252. The van der Waals surface area contributed by atoms with Crippen LogP contribution in [0.2, 0.25) is 0 Å². The van der Waals surface area contributed by atoms with Crippen molar-refractivity contribution in [1.82, 2.24) is 5.43 Å². The zero-order chi connectivity index (χ0) is 26.3. The van der Waals surface area contributed by atoms with Crippen LogP contribution < -0.4 is 23.9 Å². The fourth-order valence-electron chi connectivity index (χ4n) is 3.63. The van der Waals surface area contributed by atoms with Crippen LogP contribution in [0.4, 0.5) is 5.69 Å². The van der Waals surface area contributed by atoms with Crippen molar-refractivity contribution in [1.29, 1.82) is 0 Å². The molecule has 3 aromatic carbocycles. The van der Waals surface area contributed by atoms with Gasteiger partial charge in [-0.25, -0.2) is 13.8 Å². The number of amides is 1. The van der Waals surface area contributed by atoms with Gasteiger partial charge in [0, 0.05) is 11.6 Å². The lowest BCUT2D eigenvalue weighted by molar-refractivity contribution is -0.119. The molecule has 1 amide bonds. The maximum absolute atomic E-state index is 13.7. The molecule has 0 radical (unpaired) electrons. The highest BCUT2D eigenvalue weighted by Crippen LogP contribution is 2.32. The van der Waals surface area contributed by atoms with Crippen molar-refractivity contribution in [2.45, 2.75) is 18.7 Å². The second-order valence-corrected chi connectivity index (χ2v) is 9.77. The Morgan fingerprint density at radius 3 is 2.17 bits per heavy atom. The van der Waals surface area contributed by atoms with E-state index < -0.39 is 22.5 Å². The van der Waals surface area contributed by atoms with E-state index in [1.54, 1.807) is 24.3 Å². The van der Waals surface area contributed by atoms with Crippen molar-refractivity contribution in [3.8, 4) is 17.2 Å². The van der Waals surface area contributed by atoms with Gasteiger partial charge in [-0.15, -0.1) is 0 Å². The number of ether oxygens (including phenoxy) is 3. The average Bonchev–Trinajstić information content (AvgIpc) is 2.86. The number of methoxy groups -OCH3 is 3. The quantitative estimate of drug-likeness (QED) is 0.329. The molecular weight excluding hydrogens is 482 g/mol. The van der Waals surface area contributed by atoms with Gasteiger partial charge in [0.15, 0.2) is 11.5 Å². The number of nitrogens with zero attached hydrogens (tertiary/aromatic N) is 2. The topological polar surface area (TPSA) is 107 Å². The van der Waals surface area contributed by atoms with Gasteiger partial charge >= 0.3 is 0 Å². The molecule has 10 heteroatoms. The van der Waals surface area contributed by atoms with Crippen LogP contribution in [0.3, 0.4) is 0 Å². The number of anilines is 1. The molecule has 0 aromatic heterocycles. The summed E-state index contributed by atoms with van der Waals surface area (Å²) in [6, 6.07) is 16.8. The maximum atomic E-state index is 13.7. The fourth-order valence-corrected chi connectivity index (χ4v) is 5.05. The van der Waals surface area contributed by atoms with Gasteiger partial charge in [-0.05, 0) is 61.4 Å². The first-order valence-electron chi connectivity index (χ1n) is 11.0. The van der Waals surface area contributed by atoms with Crippen LogP contribution in [-0.4, -0.2) is 48.4 Å². The summed E-state index contributed by atoms with van der Waals surface area (Å²) in [5.74, 6) is 0.607. The lowest BCUT2D eigenvalue weighted by atomic mass is 10.1. The Kier molecular flexibility index (Phi) is 8.55. The van der Waals surface area contributed by atoms with Crippen molar-refractivity contribution in [3.05, 3.63) is 77.4 Å². The smallest absolute Gasteiger partial charge is 0.264 e. The minimum atomic E-state index is -4.16. The van der Waals surface area contributed by atoms with Crippen molar-refractivity contribution < 1.29 is 27.4 Å². The van der Waals surface area contributed by atoms with Crippen molar-refractivity contribution >= 4 is 27.8 Å². The van der Waals surface area contributed by atoms with E-state index in [2.05, 4.69) is 10.5 Å². The third kappa shape index (κ3) is 6.14. The van der Waals surface area contributed by atoms with Crippen LogP contribution in [0.25, 0.3) is 0 Å². The molecule has 0 aliphatic heterocycles. The van der Waals surface area contributed by atoms with E-state index in [9.17, 15) is 13.2 Å². The molecule has 3 aromatic rings. The lowest BCUT2D eigenvalue weighted by Crippen LogP contribution is -2.39. The van der Waals surface area contributed by atoms with E-state index in [0.29, 0.717) is 22.7 Å². The van der Waals surface area contributed by atoms with E-state index in [4.69, 9.17) is 14.2 Å². The highest BCUT2D eigenvalue weighted by atomic mass is 32.2. The van der Waals surface area contributed by atoms with Crippen LogP contribution in [0.5, 0.6) is 17.2 Å². The number of rotatable bonds is 10. The number of carbonyl (C=O) groups is 1. The SMILES string of the molecule is COc1ccccc1/C=N/NC(=O)CN(c1cc(C)cc(C)c1)S(=O)(=O)c1ccc(OC)c(OC)c1. The largest absolute Gasteiger partial charge is 0.496 e. The summed E-state index contributed by atoms with van der Waals surface area (Å²) in [6.07, 6.45) is 1.43. The van der Waals surface area contributed by atoms with Gasteiger partial charge in [0.25, 0.3) is 15.9 Å². The number of hydrogen-bond donors (Lipinski definition) is 1. The third-order valence-corrected chi connectivity index (χ3v) is 7.03. The molecule has 0 unspecified atom stereocenters. The number of benzene rings is 3. The van der Waals surface area contributed by atoms with Crippen LogP contribution in [0, 0.1) is 13.8 Å². The van der Waals surface area contributed by atoms with E-state index in [1.807, 2.05) is 32.0 Å². The van der Waals surface area contributed by atoms with Crippen LogP contribution in [0.1, 0.15) is 16.7 Å². The van der Waals surface area contributed by atoms with Gasteiger partial charge in [-0.2, -0.15) is 5.10 Å². The molecule has 0 spiro atoms. The number of aryl methyl sites for hydroxylation is 2. The minimum absolute atomic E-state index is 0.0513. The summed E-state index contributed by atoms with van der Waals surface area (Å²) < 4.78 is 44.3. The van der Waals surface area contributed by atoms with Crippen molar-refractivity contribution in [3.63, 3.8) is 0 Å². The fraction of sp³-hybridized carbons (Fsp3) is 0.231. The highest BCUT2D eigenvalue weighted by molar-refractivity contribution is 7.92. The minimum Gasteiger partial charge on any atom is -0.496 e. The normalized spacial score (nSPS) is 11.2. The van der Waals surface area contributed by atoms with Crippen molar-refractivity contribution in [2.75, 3.05) is 32.2 Å². The van der Waals surface area contributed by atoms with E-state index in [1.165, 1.54) is 45.7 Å². The molecular formula is C26H29N3O6S. The Bertz CT molecular complexity index is 1350. The zero-order valence-corrected chi connectivity index (χ0v) is 21.6. The summed E-state index contributed by atoms with van der Waals surface area (Å²) in [6.45, 7) is 3.22. The Balaban J connectivity index is 1.94.